The lowest BCUT2D eigenvalue weighted by Crippen LogP contribution is -2.53. The SMILES string of the molecule is CCCN1C(=O)C2(C(C#N)=C(N)N(c3ccccc3)C3=C2C(=O)CC(C)(C)C3)c2ccccc21. The molecular formula is C28H28N4O2. The molecule has 1 amide bonds. The molecule has 1 aliphatic carbocycles. The summed E-state index contributed by atoms with van der Waals surface area (Å²) in [6.07, 6.45) is 1.62. The van der Waals surface area contributed by atoms with Crippen molar-refractivity contribution in [1.82, 2.24) is 0 Å². The maximum atomic E-state index is 14.3. The second-order valence-electron chi connectivity index (χ2n) is 10.0. The van der Waals surface area contributed by atoms with Crippen LogP contribution in [0.15, 0.2) is 77.3 Å². The van der Waals surface area contributed by atoms with Crippen molar-refractivity contribution in [3.63, 3.8) is 0 Å². The molecule has 2 aromatic carbocycles. The average molecular weight is 453 g/mol. The number of para-hydroxylation sites is 2. The molecule has 0 saturated heterocycles. The molecule has 0 radical (unpaired) electrons. The molecule has 0 bridgehead atoms. The first-order chi connectivity index (χ1) is 16.3. The molecule has 0 fully saturated rings. The molecule has 1 atom stereocenters. The van der Waals surface area contributed by atoms with Crippen LogP contribution in [0.3, 0.4) is 0 Å². The molecule has 34 heavy (non-hydrogen) atoms. The zero-order chi connectivity index (χ0) is 24.3. The largest absolute Gasteiger partial charge is 0.384 e. The van der Waals surface area contributed by atoms with E-state index < -0.39 is 5.41 Å². The number of nitrogens with zero attached hydrogens (tertiary/aromatic N) is 3. The minimum atomic E-state index is -1.52. The van der Waals surface area contributed by atoms with Crippen molar-refractivity contribution in [2.45, 2.75) is 45.4 Å². The van der Waals surface area contributed by atoms with Crippen LogP contribution in [0.5, 0.6) is 0 Å². The third kappa shape index (κ3) is 2.80. The number of fused-ring (bicyclic) bond motifs is 3. The number of carbonyl (C=O) groups is 2. The second kappa shape index (κ2) is 7.59. The molecule has 5 rings (SSSR count). The van der Waals surface area contributed by atoms with E-state index in [2.05, 4.69) is 19.9 Å². The van der Waals surface area contributed by atoms with E-state index in [-0.39, 0.29) is 28.5 Å². The van der Waals surface area contributed by atoms with Crippen LogP contribution < -0.4 is 15.5 Å². The molecule has 2 aromatic rings. The summed E-state index contributed by atoms with van der Waals surface area (Å²) in [7, 11) is 0. The van der Waals surface area contributed by atoms with Crippen LogP contribution in [0.2, 0.25) is 0 Å². The highest BCUT2D eigenvalue weighted by molar-refractivity contribution is 6.20. The fourth-order valence-electron chi connectivity index (χ4n) is 5.87. The first kappa shape index (κ1) is 22.0. The molecule has 0 saturated carbocycles. The van der Waals surface area contributed by atoms with Gasteiger partial charge in [0.1, 0.15) is 17.3 Å². The molecular weight excluding hydrogens is 424 g/mol. The first-order valence-corrected chi connectivity index (χ1v) is 11.7. The lowest BCUT2D eigenvalue weighted by molar-refractivity contribution is -0.125. The zero-order valence-electron chi connectivity index (χ0n) is 19.8. The predicted octanol–water partition coefficient (Wildman–Crippen LogP) is 4.54. The lowest BCUT2D eigenvalue weighted by Gasteiger charge is -2.47. The Hall–Kier alpha value is -3.85. The zero-order valence-corrected chi connectivity index (χ0v) is 19.8. The van der Waals surface area contributed by atoms with Crippen LogP contribution in [0, 0.1) is 16.7 Å². The molecule has 2 heterocycles. The average Bonchev–Trinajstić information content (AvgIpc) is 3.03. The Balaban J connectivity index is 1.90. The van der Waals surface area contributed by atoms with Gasteiger partial charge in [0.25, 0.3) is 0 Å². The van der Waals surface area contributed by atoms with Crippen LogP contribution >= 0.6 is 0 Å². The van der Waals surface area contributed by atoms with Crippen molar-refractivity contribution >= 4 is 23.1 Å². The summed E-state index contributed by atoms with van der Waals surface area (Å²) in [5, 5.41) is 10.5. The van der Waals surface area contributed by atoms with Gasteiger partial charge in [0.2, 0.25) is 5.91 Å². The van der Waals surface area contributed by atoms with Crippen molar-refractivity contribution in [2.24, 2.45) is 11.1 Å². The first-order valence-electron chi connectivity index (χ1n) is 11.7. The van der Waals surface area contributed by atoms with E-state index in [1.165, 1.54) is 0 Å². The molecule has 1 unspecified atom stereocenters. The number of hydrogen-bond acceptors (Lipinski definition) is 5. The third-order valence-corrected chi connectivity index (χ3v) is 7.11. The third-order valence-electron chi connectivity index (χ3n) is 7.11. The number of rotatable bonds is 3. The Morgan fingerprint density at radius 2 is 1.71 bits per heavy atom. The molecule has 2 N–H and O–H groups in total. The number of ketones is 1. The number of Topliss-reactive ketones (excluding diaryl/α,β-unsaturated/α-hetero) is 1. The Labute approximate surface area is 200 Å². The van der Waals surface area contributed by atoms with Gasteiger partial charge in [0, 0.05) is 41.2 Å². The molecule has 1 spiro atoms. The van der Waals surface area contributed by atoms with Gasteiger partial charge in [-0.2, -0.15) is 5.26 Å². The van der Waals surface area contributed by atoms with Crippen molar-refractivity contribution < 1.29 is 9.59 Å². The van der Waals surface area contributed by atoms with E-state index in [9.17, 15) is 14.9 Å². The molecule has 6 heteroatoms. The summed E-state index contributed by atoms with van der Waals surface area (Å²) in [4.78, 5) is 31.8. The lowest BCUT2D eigenvalue weighted by atomic mass is 9.60. The molecule has 0 aromatic heterocycles. The maximum absolute atomic E-state index is 14.3. The van der Waals surface area contributed by atoms with Crippen LogP contribution in [0.25, 0.3) is 0 Å². The van der Waals surface area contributed by atoms with E-state index in [1.807, 2.05) is 66.4 Å². The minimum absolute atomic E-state index is 0.103. The summed E-state index contributed by atoms with van der Waals surface area (Å²) in [6, 6.07) is 19.3. The van der Waals surface area contributed by atoms with Crippen LogP contribution in [0.4, 0.5) is 11.4 Å². The van der Waals surface area contributed by atoms with E-state index >= 15 is 0 Å². The van der Waals surface area contributed by atoms with Crippen molar-refractivity contribution in [1.29, 1.82) is 5.26 Å². The second-order valence-corrected chi connectivity index (χ2v) is 10.0. The maximum Gasteiger partial charge on any atom is 0.247 e. The fourth-order valence-corrected chi connectivity index (χ4v) is 5.87. The van der Waals surface area contributed by atoms with Gasteiger partial charge in [-0.15, -0.1) is 0 Å². The number of allylic oxidation sites excluding steroid dienone is 1. The fraction of sp³-hybridized carbons (Fsp3) is 0.321. The van der Waals surface area contributed by atoms with Gasteiger partial charge < -0.3 is 10.6 Å². The molecule has 6 nitrogen and oxygen atoms in total. The van der Waals surface area contributed by atoms with Gasteiger partial charge in [0.05, 0.1) is 5.57 Å². The predicted molar refractivity (Wildman–Crippen MR) is 132 cm³/mol. The highest BCUT2D eigenvalue weighted by Crippen LogP contribution is 2.58. The number of carbonyl (C=O) groups excluding carboxylic acids is 2. The van der Waals surface area contributed by atoms with Gasteiger partial charge in [-0.25, -0.2) is 0 Å². The van der Waals surface area contributed by atoms with Crippen LogP contribution in [-0.2, 0) is 15.0 Å². The van der Waals surface area contributed by atoms with E-state index in [4.69, 9.17) is 5.73 Å². The van der Waals surface area contributed by atoms with Crippen LogP contribution in [0.1, 0.15) is 45.6 Å². The monoisotopic (exact) mass is 452 g/mol. The topological polar surface area (TPSA) is 90.4 Å². The Morgan fingerprint density at radius 3 is 2.38 bits per heavy atom. The Kier molecular flexibility index (Phi) is 4.91. The van der Waals surface area contributed by atoms with Gasteiger partial charge in [-0.05, 0) is 36.5 Å². The van der Waals surface area contributed by atoms with Crippen LogP contribution in [-0.4, -0.2) is 18.2 Å². The van der Waals surface area contributed by atoms with E-state index in [1.54, 1.807) is 4.90 Å². The number of benzene rings is 2. The van der Waals surface area contributed by atoms with E-state index in [0.717, 1.165) is 17.8 Å². The number of nitrogens with two attached hydrogens (primary N) is 1. The normalized spacial score (nSPS) is 23.4. The van der Waals surface area contributed by atoms with Gasteiger partial charge >= 0.3 is 0 Å². The standard InChI is InChI=1S/C28H28N4O2/c1-4-14-31-21-13-9-8-12-19(21)28(26(31)34)20(17-29)25(30)32(18-10-6-5-7-11-18)22-15-27(2,3)16-23(33)24(22)28/h5-13H,4,14-16,30H2,1-3H3. The number of amides is 1. The quantitative estimate of drug-likeness (QED) is 0.738. The van der Waals surface area contributed by atoms with Crippen molar-refractivity contribution in [3.8, 4) is 6.07 Å². The summed E-state index contributed by atoms with van der Waals surface area (Å²) in [6.45, 7) is 6.62. The molecule has 172 valence electrons. The Bertz CT molecular complexity index is 1320. The number of hydrogen-bond donors (Lipinski definition) is 1. The van der Waals surface area contributed by atoms with Gasteiger partial charge in [-0.3, -0.25) is 14.5 Å². The highest BCUT2D eigenvalue weighted by Gasteiger charge is 2.63. The molecule has 2 aliphatic heterocycles. The summed E-state index contributed by atoms with van der Waals surface area (Å²) < 4.78 is 0. The van der Waals surface area contributed by atoms with E-state index in [0.29, 0.717) is 36.2 Å². The summed E-state index contributed by atoms with van der Waals surface area (Å²) in [5.74, 6) is -0.156. The number of anilines is 2. The summed E-state index contributed by atoms with van der Waals surface area (Å²) >= 11 is 0. The van der Waals surface area contributed by atoms with Crippen molar-refractivity contribution in [2.75, 3.05) is 16.3 Å². The van der Waals surface area contributed by atoms with Crippen molar-refractivity contribution in [3.05, 3.63) is 82.8 Å². The highest BCUT2D eigenvalue weighted by atomic mass is 16.2. The van der Waals surface area contributed by atoms with Gasteiger partial charge in [-0.1, -0.05) is 57.2 Å². The summed E-state index contributed by atoms with van der Waals surface area (Å²) in [5.41, 5.74) is 8.36. The number of nitriles is 1. The minimum Gasteiger partial charge on any atom is -0.384 e. The Morgan fingerprint density at radius 1 is 1.03 bits per heavy atom. The van der Waals surface area contributed by atoms with Gasteiger partial charge in [0.15, 0.2) is 5.78 Å². The molecule has 3 aliphatic rings. The smallest absolute Gasteiger partial charge is 0.247 e.